The van der Waals surface area contributed by atoms with Gasteiger partial charge in [0.25, 0.3) is 5.91 Å². The van der Waals surface area contributed by atoms with E-state index in [1.807, 2.05) is 0 Å². The first kappa shape index (κ1) is 14.4. The molecular weight excluding hydrogens is 282 g/mol. The van der Waals surface area contributed by atoms with Gasteiger partial charge in [-0.25, -0.2) is 9.97 Å². The van der Waals surface area contributed by atoms with E-state index in [0.717, 1.165) is 18.8 Å². The van der Waals surface area contributed by atoms with Crippen molar-refractivity contribution in [2.75, 3.05) is 31.2 Å². The Hall–Kier alpha value is -2.54. The molecule has 0 unspecified atom stereocenters. The molecule has 2 aromatic heterocycles. The smallest absolute Gasteiger partial charge is 0.270 e. The van der Waals surface area contributed by atoms with Crippen LogP contribution in [0.25, 0.3) is 0 Å². The molecule has 0 spiro atoms. The monoisotopic (exact) mass is 299 g/mol. The molecule has 1 fully saturated rings. The van der Waals surface area contributed by atoms with Gasteiger partial charge in [-0.3, -0.25) is 9.78 Å². The fourth-order valence-corrected chi connectivity index (χ4v) is 2.16. The van der Waals surface area contributed by atoms with Crippen LogP contribution in [0.15, 0.2) is 36.7 Å². The maximum atomic E-state index is 12.0. The van der Waals surface area contributed by atoms with Crippen LogP contribution >= 0.6 is 0 Å². The molecule has 114 valence electrons. The Labute approximate surface area is 128 Å². The van der Waals surface area contributed by atoms with Crippen LogP contribution in [0, 0.1) is 0 Å². The molecule has 0 aliphatic carbocycles. The number of hydrogen-bond donors (Lipinski definition) is 1. The zero-order valence-electron chi connectivity index (χ0n) is 12.1. The van der Waals surface area contributed by atoms with Crippen molar-refractivity contribution >= 4 is 11.9 Å². The van der Waals surface area contributed by atoms with Crippen LogP contribution in [-0.4, -0.2) is 47.2 Å². The second-order valence-electron chi connectivity index (χ2n) is 4.85. The van der Waals surface area contributed by atoms with E-state index in [9.17, 15) is 4.79 Å². The Bertz CT molecular complexity index is 629. The van der Waals surface area contributed by atoms with Crippen molar-refractivity contribution in [3.05, 3.63) is 48.0 Å². The SMILES string of the molecule is O=C(NCc1ccnc(N2CCOCC2)n1)c1ccccn1. The molecule has 1 amide bonds. The number of nitrogens with zero attached hydrogens (tertiary/aromatic N) is 4. The van der Waals surface area contributed by atoms with E-state index in [1.54, 1.807) is 36.7 Å². The van der Waals surface area contributed by atoms with Crippen molar-refractivity contribution < 1.29 is 9.53 Å². The van der Waals surface area contributed by atoms with Gasteiger partial charge in [-0.2, -0.15) is 0 Å². The van der Waals surface area contributed by atoms with Gasteiger partial charge >= 0.3 is 0 Å². The first-order valence-electron chi connectivity index (χ1n) is 7.17. The highest BCUT2D eigenvalue weighted by molar-refractivity contribution is 5.92. The molecule has 22 heavy (non-hydrogen) atoms. The van der Waals surface area contributed by atoms with Gasteiger partial charge in [0.05, 0.1) is 25.5 Å². The molecule has 7 heteroatoms. The Kier molecular flexibility index (Phi) is 4.55. The number of pyridine rings is 1. The molecular formula is C15H17N5O2. The van der Waals surface area contributed by atoms with Gasteiger partial charge in [0.2, 0.25) is 5.95 Å². The van der Waals surface area contributed by atoms with Crippen molar-refractivity contribution in [2.45, 2.75) is 6.54 Å². The summed E-state index contributed by atoms with van der Waals surface area (Å²) in [6, 6.07) is 7.02. The van der Waals surface area contributed by atoms with Crippen LogP contribution in [0.1, 0.15) is 16.2 Å². The van der Waals surface area contributed by atoms with Crippen molar-refractivity contribution in [3.8, 4) is 0 Å². The molecule has 7 nitrogen and oxygen atoms in total. The van der Waals surface area contributed by atoms with Crippen LogP contribution in [0.4, 0.5) is 5.95 Å². The minimum atomic E-state index is -0.216. The van der Waals surface area contributed by atoms with Crippen LogP contribution in [0.3, 0.4) is 0 Å². The number of rotatable bonds is 4. The van der Waals surface area contributed by atoms with Gasteiger partial charge in [-0.15, -0.1) is 0 Å². The van der Waals surface area contributed by atoms with Crippen molar-refractivity contribution in [2.24, 2.45) is 0 Å². The number of hydrogen-bond acceptors (Lipinski definition) is 6. The second-order valence-corrected chi connectivity index (χ2v) is 4.85. The molecule has 3 heterocycles. The Balaban J connectivity index is 1.62. The Morgan fingerprint density at radius 3 is 2.82 bits per heavy atom. The number of aromatic nitrogens is 3. The zero-order chi connectivity index (χ0) is 15.2. The van der Waals surface area contributed by atoms with E-state index in [1.165, 1.54) is 0 Å². The molecule has 3 rings (SSSR count). The predicted molar refractivity (Wildman–Crippen MR) is 80.5 cm³/mol. The molecule has 1 aliphatic heterocycles. The maximum Gasteiger partial charge on any atom is 0.270 e. The van der Waals surface area contributed by atoms with E-state index in [2.05, 4.69) is 25.2 Å². The van der Waals surface area contributed by atoms with Gasteiger partial charge in [0, 0.05) is 25.5 Å². The minimum absolute atomic E-state index is 0.216. The summed E-state index contributed by atoms with van der Waals surface area (Å²) < 4.78 is 5.32. The third-order valence-electron chi connectivity index (χ3n) is 3.32. The molecule has 0 saturated carbocycles. The lowest BCUT2D eigenvalue weighted by Crippen LogP contribution is -2.37. The molecule has 0 radical (unpaired) electrons. The molecule has 1 N–H and O–H groups in total. The lowest BCUT2D eigenvalue weighted by atomic mass is 10.3. The minimum Gasteiger partial charge on any atom is -0.378 e. The average Bonchev–Trinajstić information content (AvgIpc) is 2.61. The highest BCUT2D eigenvalue weighted by atomic mass is 16.5. The third kappa shape index (κ3) is 3.56. The van der Waals surface area contributed by atoms with Crippen LogP contribution in [-0.2, 0) is 11.3 Å². The number of carbonyl (C=O) groups excluding carboxylic acids is 1. The van der Waals surface area contributed by atoms with Gasteiger partial charge in [0.1, 0.15) is 5.69 Å². The molecule has 1 saturated heterocycles. The van der Waals surface area contributed by atoms with Crippen molar-refractivity contribution in [1.29, 1.82) is 0 Å². The molecule has 1 aliphatic rings. The predicted octanol–water partition coefficient (Wildman–Crippen LogP) is 0.638. The number of ether oxygens (including phenoxy) is 1. The van der Waals surface area contributed by atoms with Crippen molar-refractivity contribution in [1.82, 2.24) is 20.3 Å². The van der Waals surface area contributed by atoms with Gasteiger partial charge in [-0.1, -0.05) is 6.07 Å². The van der Waals surface area contributed by atoms with E-state index in [0.29, 0.717) is 31.4 Å². The standard InChI is InChI=1S/C15H17N5O2/c21-14(13-3-1-2-5-16-13)18-11-12-4-6-17-15(19-12)20-7-9-22-10-8-20/h1-6H,7-11H2,(H,18,21). The van der Waals surface area contributed by atoms with E-state index < -0.39 is 0 Å². The topological polar surface area (TPSA) is 80.2 Å². The third-order valence-corrected chi connectivity index (χ3v) is 3.32. The average molecular weight is 299 g/mol. The van der Waals surface area contributed by atoms with Crippen LogP contribution in [0.5, 0.6) is 0 Å². The number of morpholine rings is 1. The van der Waals surface area contributed by atoms with Gasteiger partial charge in [-0.05, 0) is 18.2 Å². The highest BCUT2D eigenvalue weighted by Crippen LogP contribution is 2.09. The van der Waals surface area contributed by atoms with E-state index in [-0.39, 0.29) is 5.91 Å². The maximum absolute atomic E-state index is 12.0. The molecule has 0 bridgehead atoms. The van der Waals surface area contributed by atoms with Crippen LogP contribution in [0.2, 0.25) is 0 Å². The number of carbonyl (C=O) groups is 1. The summed E-state index contributed by atoms with van der Waals surface area (Å²) in [4.78, 5) is 26.8. The Morgan fingerprint density at radius 2 is 2.05 bits per heavy atom. The summed E-state index contributed by atoms with van der Waals surface area (Å²) in [5.74, 6) is 0.458. The normalized spacial score (nSPS) is 14.6. The van der Waals surface area contributed by atoms with E-state index in [4.69, 9.17) is 4.74 Å². The van der Waals surface area contributed by atoms with Gasteiger partial charge < -0.3 is 15.0 Å². The summed E-state index contributed by atoms with van der Waals surface area (Å²) in [7, 11) is 0. The fraction of sp³-hybridized carbons (Fsp3) is 0.333. The summed E-state index contributed by atoms with van der Waals surface area (Å²) in [5.41, 5.74) is 1.16. The quantitative estimate of drug-likeness (QED) is 0.892. The second kappa shape index (κ2) is 6.95. The van der Waals surface area contributed by atoms with Crippen LogP contribution < -0.4 is 10.2 Å². The summed E-state index contributed by atoms with van der Waals surface area (Å²) in [5, 5.41) is 2.81. The number of nitrogens with one attached hydrogen (secondary N) is 1. The van der Waals surface area contributed by atoms with Gasteiger partial charge in [0.15, 0.2) is 0 Å². The summed E-state index contributed by atoms with van der Waals surface area (Å²) >= 11 is 0. The summed E-state index contributed by atoms with van der Waals surface area (Å²) in [6.45, 7) is 3.27. The molecule has 0 aromatic carbocycles. The molecule has 0 atom stereocenters. The number of amides is 1. The lowest BCUT2D eigenvalue weighted by molar-refractivity contribution is 0.0945. The first-order chi connectivity index (χ1) is 10.8. The molecule has 2 aromatic rings. The first-order valence-corrected chi connectivity index (χ1v) is 7.17. The number of anilines is 1. The highest BCUT2D eigenvalue weighted by Gasteiger charge is 2.14. The Morgan fingerprint density at radius 1 is 1.18 bits per heavy atom. The largest absolute Gasteiger partial charge is 0.378 e. The summed E-state index contributed by atoms with van der Waals surface area (Å²) in [6.07, 6.45) is 3.30. The lowest BCUT2D eigenvalue weighted by Gasteiger charge is -2.26. The van der Waals surface area contributed by atoms with Crippen molar-refractivity contribution in [3.63, 3.8) is 0 Å². The zero-order valence-corrected chi connectivity index (χ0v) is 12.1. The van der Waals surface area contributed by atoms with E-state index >= 15 is 0 Å². The fourth-order valence-electron chi connectivity index (χ4n) is 2.16.